The molecule has 0 saturated carbocycles. The van der Waals surface area contributed by atoms with Gasteiger partial charge in [-0.15, -0.1) is 5.10 Å². The Hall–Kier alpha value is -3.25. The predicted molar refractivity (Wildman–Crippen MR) is 89.8 cm³/mol. The first-order valence-electron chi connectivity index (χ1n) is 8.89. The first kappa shape index (κ1) is 20.0. The Morgan fingerprint density at radius 2 is 2.07 bits per heavy atom. The van der Waals surface area contributed by atoms with Gasteiger partial charge in [0, 0.05) is 18.6 Å². The van der Waals surface area contributed by atoms with Crippen LogP contribution in [0.2, 0.25) is 0 Å². The minimum Gasteiger partial charge on any atom is -0.488 e. The number of hydrogen-bond donors (Lipinski definition) is 2. The normalized spacial score (nSPS) is 21.0. The molecule has 0 bridgehead atoms. The van der Waals surface area contributed by atoms with E-state index < -0.39 is 54.1 Å². The Bertz CT molecular complexity index is 1020. The van der Waals surface area contributed by atoms with Gasteiger partial charge in [-0.25, -0.2) is 18.4 Å². The van der Waals surface area contributed by atoms with Gasteiger partial charge in [-0.05, 0) is 12.8 Å². The highest BCUT2D eigenvalue weighted by Gasteiger charge is 2.44. The number of carbonyl (C=O) groups is 2. The van der Waals surface area contributed by atoms with Crippen molar-refractivity contribution in [3.8, 4) is 5.75 Å². The molecule has 2 amide bonds. The van der Waals surface area contributed by atoms with Gasteiger partial charge in [0.25, 0.3) is 11.8 Å². The Kier molecular flexibility index (Phi) is 4.82. The molecule has 0 saturated heterocycles. The highest BCUT2D eigenvalue weighted by molar-refractivity contribution is 6.01. The average Bonchev–Trinajstić information content (AvgIpc) is 3.04. The Morgan fingerprint density at radius 3 is 2.80 bits per heavy atom. The summed E-state index contributed by atoms with van der Waals surface area (Å²) in [5.74, 6) is -4.62. The number of ether oxygens (including phenoxy) is 1. The highest BCUT2D eigenvalue weighted by atomic mass is 19.4. The molecule has 2 unspecified atom stereocenters. The van der Waals surface area contributed by atoms with Crippen molar-refractivity contribution in [3.05, 3.63) is 35.4 Å². The van der Waals surface area contributed by atoms with Crippen molar-refractivity contribution in [1.82, 2.24) is 20.1 Å². The summed E-state index contributed by atoms with van der Waals surface area (Å²) in [4.78, 5) is 28.6. The number of halogens is 5. The lowest BCUT2D eigenvalue weighted by atomic mass is 10.1. The largest absolute Gasteiger partial charge is 0.488 e. The summed E-state index contributed by atoms with van der Waals surface area (Å²) in [7, 11) is 0. The van der Waals surface area contributed by atoms with Crippen molar-refractivity contribution in [2.75, 3.05) is 11.9 Å². The number of alkyl halides is 3. The van der Waals surface area contributed by atoms with Crippen molar-refractivity contribution in [3.63, 3.8) is 0 Å². The summed E-state index contributed by atoms with van der Waals surface area (Å²) < 4.78 is 72.6. The van der Waals surface area contributed by atoms with Crippen LogP contribution in [0.15, 0.2) is 12.1 Å². The molecule has 2 aliphatic rings. The van der Waals surface area contributed by atoms with Crippen LogP contribution in [0, 0.1) is 11.6 Å². The van der Waals surface area contributed by atoms with Crippen molar-refractivity contribution in [1.29, 1.82) is 0 Å². The molecule has 8 nitrogen and oxygen atoms in total. The molecule has 4 rings (SSSR count). The quantitative estimate of drug-likeness (QED) is 0.710. The minimum absolute atomic E-state index is 0.0141. The molecule has 2 N–H and O–H groups in total. The lowest BCUT2D eigenvalue weighted by Crippen LogP contribution is -2.46. The molecule has 13 heteroatoms. The number of anilines is 1. The first-order chi connectivity index (χ1) is 14.1. The van der Waals surface area contributed by atoms with E-state index in [2.05, 4.69) is 20.7 Å². The van der Waals surface area contributed by atoms with Gasteiger partial charge >= 0.3 is 6.18 Å². The molecular weight excluding hydrogens is 417 g/mol. The van der Waals surface area contributed by atoms with Gasteiger partial charge in [-0.3, -0.25) is 9.59 Å². The third kappa shape index (κ3) is 3.66. The molecule has 2 atom stereocenters. The van der Waals surface area contributed by atoms with Crippen LogP contribution in [0.4, 0.5) is 27.6 Å². The maximum Gasteiger partial charge on any atom is 0.410 e. The predicted octanol–water partition coefficient (Wildman–Crippen LogP) is 2.13. The van der Waals surface area contributed by atoms with E-state index >= 15 is 0 Å². The number of rotatable bonds is 2. The van der Waals surface area contributed by atoms with Crippen LogP contribution in [0.1, 0.15) is 35.3 Å². The molecular formula is C17H14F5N5O3. The SMILES string of the molecule is O=C(NC1COc2cc(F)cc(F)c2NC1=O)c1nc2n(n1)C(C(F)(F)F)CCC2. The topological polar surface area (TPSA) is 98.1 Å². The number of nitrogens with zero attached hydrogens (tertiary/aromatic N) is 3. The number of aryl methyl sites for hydroxylation is 1. The van der Waals surface area contributed by atoms with E-state index in [-0.39, 0.29) is 36.5 Å². The van der Waals surface area contributed by atoms with Gasteiger partial charge in [-0.2, -0.15) is 13.2 Å². The standard InChI is InChI=1S/C17H14F5N5O3/c18-7-4-8(19)13-10(5-7)30-6-9(15(28)25-13)23-16(29)14-24-12-3-1-2-11(17(20,21)22)27(12)26-14/h4-5,9,11H,1-3,6H2,(H,23,29)(H,25,28). The van der Waals surface area contributed by atoms with E-state index in [1.807, 2.05) is 0 Å². The van der Waals surface area contributed by atoms with Crippen LogP contribution in [0.5, 0.6) is 5.75 Å². The van der Waals surface area contributed by atoms with Crippen molar-refractivity contribution in [2.45, 2.75) is 37.5 Å². The van der Waals surface area contributed by atoms with E-state index in [1.54, 1.807) is 0 Å². The van der Waals surface area contributed by atoms with Crippen molar-refractivity contribution in [2.24, 2.45) is 0 Å². The van der Waals surface area contributed by atoms with Crippen LogP contribution in [0.3, 0.4) is 0 Å². The Balaban J connectivity index is 1.52. The Labute approximate surface area is 165 Å². The number of nitrogens with one attached hydrogen (secondary N) is 2. The van der Waals surface area contributed by atoms with E-state index in [0.29, 0.717) is 10.7 Å². The molecule has 0 spiro atoms. The molecule has 30 heavy (non-hydrogen) atoms. The molecule has 3 heterocycles. The number of carbonyl (C=O) groups excluding carboxylic acids is 2. The zero-order valence-electron chi connectivity index (χ0n) is 15.1. The summed E-state index contributed by atoms with van der Waals surface area (Å²) >= 11 is 0. The van der Waals surface area contributed by atoms with E-state index in [9.17, 15) is 31.5 Å². The lowest BCUT2D eigenvalue weighted by Gasteiger charge is -2.25. The fourth-order valence-electron chi connectivity index (χ4n) is 3.32. The minimum atomic E-state index is -4.54. The van der Waals surface area contributed by atoms with Crippen LogP contribution in [-0.4, -0.2) is 45.4 Å². The second kappa shape index (κ2) is 7.22. The van der Waals surface area contributed by atoms with Gasteiger partial charge in [-0.1, -0.05) is 0 Å². The molecule has 160 valence electrons. The molecule has 1 aromatic carbocycles. The highest BCUT2D eigenvalue weighted by Crippen LogP contribution is 2.37. The number of fused-ring (bicyclic) bond motifs is 2. The Morgan fingerprint density at radius 1 is 1.30 bits per heavy atom. The number of amides is 2. The van der Waals surface area contributed by atoms with Crippen LogP contribution >= 0.6 is 0 Å². The summed E-state index contributed by atoms with van der Waals surface area (Å²) in [5.41, 5.74) is -0.387. The number of benzene rings is 1. The first-order valence-corrected chi connectivity index (χ1v) is 8.89. The van der Waals surface area contributed by atoms with Gasteiger partial charge in [0.2, 0.25) is 5.82 Å². The second-order valence-electron chi connectivity index (χ2n) is 6.83. The summed E-state index contributed by atoms with van der Waals surface area (Å²) in [6.07, 6.45) is -4.26. The van der Waals surface area contributed by atoms with Gasteiger partial charge in [0.05, 0.1) is 0 Å². The fourth-order valence-corrected chi connectivity index (χ4v) is 3.32. The second-order valence-corrected chi connectivity index (χ2v) is 6.83. The molecule has 2 aliphatic heterocycles. The maximum absolute atomic E-state index is 13.9. The summed E-state index contributed by atoms with van der Waals surface area (Å²) in [6, 6.07) is -1.80. The van der Waals surface area contributed by atoms with Gasteiger partial charge in [0.1, 0.15) is 41.8 Å². The van der Waals surface area contributed by atoms with Crippen LogP contribution < -0.4 is 15.4 Å². The lowest BCUT2D eigenvalue weighted by molar-refractivity contribution is -0.174. The fraction of sp³-hybridized carbons (Fsp3) is 0.412. The van der Waals surface area contributed by atoms with Crippen molar-refractivity contribution < 1.29 is 36.3 Å². The zero-order valence-corrected chi connectivity index (χ0v) is 15.1. The summed E-state index contributed by atoms with van der Waals surface area (Å²) in [5, 5.41) is 8.10. The smallest absolute Gasteiger partial charge is 0.410 e. The van der Waals surface area contributed by atoms with Crippen LogP contribution in [0.25, 0.3) is 0 Å². The maximum atomic E-state index is 13.9. The van der Waals surface area contributed by atoms with E-state index in [0.717, 1.165) is 6.07 Å². The molecule has 2 aromatic rings. The monoisotopic (exact) mass is 431 g/mol. The van der Waals surface area contributed by atoms with Crippen LogP contribution in [-0.2, 0) is 11.2 Å². The van der Waals surface area contributed by atoms with E-state index in [1.165, 1.54) is 0 Å². The molecule has 0 fully saturated rings. The molecule has 0 aliphatic carbocycles. The average molecular weight is 431 g/mol. The number of hydrogen-bond acceptors (Lipinski definition) is 5. The summed E-state index contributed by atoms with van der Waals surface area (Å²) in [6.45, 7) is -0.466. The van der Waals surface area contributed by atoms with Gasteiger partial charge < -0.3 is 15.4 Å². The number of aromatic nitrogens is 3. The third-order valence-corrected chi connectivity index (χ3v) is 4.75. The third-order valence-electron chi connectivity index (χ3n) is 4.75. The zero-order chi connectivity index (χ0) is 21.6. The molecule has 0 radical (unpaired) electrons. The van der Waals surface area contributed by atoms with E-state index in [4.69, 9.17) is 4.74 Å². The van der Waals surface area contributed by atoms with Gasteiger partial charge in [0.15, 0.2) is 5.82 Å². The molecule has 1 aromatic heterocycles. The van der Waals surface area contributed by atoms with Crippen molar-refractivity contribution >= 4 is 17.5 Å².